The molecule has 6 nitrogen and oxygen atoms in total. The van der Waals surface area contributed by atoms with E-state index in [1.807, 2.05) is 18.2 Å². The molecule has 0 N–H and O–H groups in total. The number of piperazine rings is 1. The highest BCUT2D eigenvalue weighted by Gasteiger charge is 2.21. The van der Waals surface area contributed by atoms with Crippen molar-refractivity contribution in [3.05, 3.63) is 52.5 Å². The highest BCUT2D eigenvalue weighted by Crippen LogP contribution is 2.23. The second-order valence-electron chi connectivity index (χ2n) is 6.11. The Bertz CT molecular complexity index is 759. The fourth-order valence-electron chi connectivity index (χ4n) is 3.01. The summed E-state index contributed by atoms with van der Waals surface area (Å²) in [6.07, 6.45) is 0. The first-order chi connectivity index (χ1) is 12.6. The van der Waals surface area contributed by atoms with Gasteiger partial charge in [-0.1, -0.05) is 23.7 Å². The molecule has 1 aromatic heterocycles. The number of hydrogen-bond acceptors (Lipinski definition) is 6. The summed E-state index contributed by atoms with van der Waals surface area (Å²) < 4.78 is 10.0. The number of carbonyl (C=O) groups is 1. The van der Waals surface area contributed by atoms with E-state index in [4.69, 9.17) is 21.1 Å². The summed E-state index contributed by atoms with van der Waals surface area (Å²) in [5, 5.41) is 0.758. The van der Waals surface area contributed by atoms with Crippen LogP contribution < -0.4 is 9.64 Å². The Morgan fingerprint density at radius 3 is 2.38 bits per heavy atom. The molecule has 2 aromatic rings. The highest BCUT2D eigenvalue weighted by atomic mass is 35.5. The van der Waals surface area contributed by atoms with Crippen LogP contribution in [0.3, 0.4) is 0 Å². The largest absolute Gasteiger partial charge is 0.480 e. The van der Waals surface area contributed by atoms with Gasteiger partial charge in [-0.25, -0.2) is 4.79 Å². The van der Waals surface area contributed by atoms with Gasteiger partial charge >= 0.3 is 5.97 Å². The zero-order valence-electron chi connectivity index (χ0n) is 14.9. The number of halogens is 1. The lowest BCUT2D eigenvalue weighted by Crippen LogP contribution is -2.46. The number of benzene rings is 1. The van der Waals surface area contributed by atoms with Crippen molar-refractivity contribution >= 4 is 23.4 Å². The molecule has 0 aliphatic carbocycles. The Balaban J connectivity index is 1.62. The molecule has 0 spiro atoms. The molecule has 0 unspecified atom stereocenters. The summed E-state index contributed by atoms with van der Waals surface area (Å²) in [6, 6.07) is 11.5. The number of aromatic nitrogens is 1. The van der Waals surface area contributed by atoms with Crippen LogP contribution in [0, 0.1) is 0 Å². The first kappa shape index (κ1) is 18.5. The smallest absolute Gasteiger partial charge is 0.343 e. The summed E-state index contributed by atoms with van der Waals surface area (Å²) in [6.45, 7) is 4.50. The van der Waals surface area contributed by atoms with Crippen LogP contribution in [0.15, 0.2) is 36.4 Å². The maximum absolute atomic E-state index is 11.7. The van der Waals surface area contributed by atoms with Crippen molar-refractivity contribution < 1.29 is 14.3 Å². The van der Waals surface area contributed by atoms with E-state index in [0.29, 0.717) is 5.56 Å². The SMILES string of the molecule is COC(=O)c1ccc(N2CCN(Cc3ccc(Cl)cc3)CC2)nc1OC. The molecule has 138 valence electrons. The van der Waals surface area contributed by atoms with Crippen molar-refractivity contribution in [1.82, 2.24) is 9.88 Å². The molecular weight excluding hydrogens is 354 g/mol. The Morgan fingerprint density at radius 1 is 1.08 bits per heavy atom. The Morgan fingerprint density at radius 2 is 1.77 bits per heavy atom. The van der Waals surface area contributed by atoms with Crippen molar-refractivity contribution in [2.45, 2.75) is 6.54 Å². The van der Waals surface area contributed by atoms with Gasteiger partial charge in [0.25, 0.3) is 0 Å². The Hall–Kier alpha value is -2.31. The van der Waals surface area contributed by atoms with Gasteiger partial charge in [0.2, 0.25) is 5.88 Å². The van der Waals surface area contributed by atoms with E-state index in [1.165, 1.54) is 19.8 Å². The molecular formula is C19H22ClN3O3. The van der Waals surface area contributed by atoms with Crippen molar-refractivity contribution in [2.75, 3.05) is 45.3 Å². The topological polar surface area (TPSA) is 54.9 Å². The van der Waals surface area contributed by atoms with Crippen LogP contribution in [0.2, 0.25) is 5.02 Å². The number of rotatable bonds is 5. The minimum atomic E-state index is -0.450. The minimum absolute atomic E-state index is 0.290. The van der Waals surface area contributed by atoms with Crippen LogP contribution >= 0.6 is 11.6 Å². The molecule has 3 rings (SSSR count). The Kier molecular flexibility index (Phi) is 5.96. The van der Waals surface area contributed by atoms with E-state index in [2.05, 4.69) is 26.9 Å². The lowest BCUT2D eigenvalue weighted by molar-refractivity contribution is 0.0596. The maximum Gasteiger partial charge on any atom is 0.343 e. The average molecular weight is 376 g/mol. The van der Waals surface area contributed by atoms with E-state index in [9.17, 15) is 4.79 Å². The standard InChI is InChI=1S/C19H22ClN3O3/c1-25-18-16(19(24)26-2)7-8-17(21-18)23-11-9-22(10-12-23)13-14-3-5-15(20)6-4-14/h3-8H,9-13H2,1-2H3. The van der Waals surface area contributed by atoms with Crippen molar-refractivity contribution in [1.29, 1.82) is 0 Å². The van der Waals surface area contributed by atoms with Crippen LogP contribution in [-0.4, -0.2) is 56.3 Å². The van der Waals surface area contributed by atoms with Gasteiger partial charge < -0.3 is 14.4 Å². The van der Waals surface area contributed by atoms with Crippen molar-refractivity contribution in [3.8, 4) is 5.88 Å². The van der Waals surface area contributed by atoms with Crippen LogP contribution in [0.1, 0.15) is 15.9 Å². The molecule has 1 aromatic carbocycles. The summed E-state index contributed by atoms with van der Waals surface area (Å²) in [5.74, 6) is 0.646. The van der Waals surface area contributed by atoms with Crippen LogP contribution in [0.4, 0.5) is 5.82 Å². The number of ether oxygens (including phenoxy) is 2. The molecule has 1 fully saturated rings. The number of esters is 1. The van der Waals surface area contributed by atoms with Crippen molar-refractivity contribution in [2.24, 2.45) is 0 Å². The number of carbonyl (C=O) groups excluding carboxylic acids is 1. The normalized spacial score (nSPS) is 15.0. The van der Waals surface area contributed by atoms with E-state index in [0.717, 1.165) is 43.6 Å². The fourth-order valence-corrected chi connectivity index (χ4v) is 3.14. The summed E-state index contributed by atoms with van der Waals surface area (Å²) in [7, 11) is 2.85. The van der Waals surface area contributed by atoms with Gasteiger partial charge in [-0.05, 0) is 29.8 Å². The van der Waals surface area contributed by atoms with Crippen LogP contribution in [0.5, 0.6) is 5.88 Å². The molecule has 0 bridgehead atoms. The molecule has 0 radical (unpaired) electrons. The Labute approximate surface area is 158 Å². The van der Waals surface area contributed by atoms with E-state index >= 15 is 0 Å². The number of anilines is 1. The molecule has 26 heavy (non-hydrogen) atoms. The van der Waals surface area contributed by atoms with E-state index in [-0.39, 0.29) is 5.88 Å². The van der Waals surface area contributed by atoms with Gasteiger partial charge in [0.05, 0.1) is 14.2 Å². The van der Waals surface area contributed by atoms with Gasteiger partial charge in [0.1, 0.15) is 11.4 Å². The second-order valence-corrected chi connectivity index (χ2v) is 6.54. The number of methoxy groups -OCH3 is 2. The molecule has 7 heteroatoms. The van der Waals surface area contributed by atoms with Crippen molar-refractivity contribution in [3.63, 3.8) is 0 Å². The molecule has 1 aliphatic heterocycles. The van der Waals surface area contributed by atoms with Gasteiger partial charge in [-0.15, -0.1) is 0 Å². The van der Waals surface area contributed by atoms with Gasteiger partial charge in [-0.2, -0.15) is 4.98 Å². The third kappa shape index (κ3) is 4.26. The predicted molar refractivity (Wildman–Crippen MR) is 101 cm³/mol. The van der Waals surface area contributed by atoms with Crippen LogP contribution in [-0.2, 0) is 11.3 Å². The zero-order chi connectivity index (χ0) is 18.5. The van der Waals surface area contributed by atoms with Gasteiger partial charge in [0, 0.05) is 37.7 Å². The second kappa shape index (κ2) is 8.38. The predicted octanol–water partition coefficient (Wildman–Crippen LogP) is 2.85. The number of nitrogens with zero attached hydrogens (tertiary/aromatic N) is 3. The molecule has 2 heterocycles. The molecule has 0 amide bonds. The fraction of sp³-hybridized carbons (Fsp3) is 0.368. The zero-order valence-corrected chi connectivity index (χ0v) is 15.7. The van der Waals surface area contributed by atoms with E-state index in [1.54, 1.807) is 6.07 Å². The quantitative estimate of drug-likeness (QED) is 0.749. The first-order valence-corrected chi connectivity index (χ1v) is 8.83. The third-order valence-corrected chi connectivity index (χ3v) is 4.71. The summed E-state index contributed by atoms with van der Waals surface area (Å²) >= 11 is 5.94. The number of hydrogen-bond donors (Lipinski definition) is 0. The lowest BCUT2D eigenvalue weighted by Gasteiger charge is -2.35. The molecule has 0 saturated carbocycles. The highest BCUT2D eigenvalue weighted by molar-refractivity contribution is 6.30. The van der Waals surface area contributed by atoms with Gasteiger partial charge in [-0.3, -0.25) is 4.90 Å². The summed E-state index contributed by atoms with van der Waals surface area (Å²) in [5.41, 5.74) is 1.59. The number of pyridine rings is 1. The third-order valence-electron chi connectivity index (χ3n) is 4.46. The lowest BCUT2D eigenvalue weighted by atomic mass is 10.2. The average Bonchev–Trinajstić information content (AvgIpc) is 2.69. The molecule has 1 saturated heterocycles. The summed E-state index contributed by atoms with van der Waals surface area (Å²) in [4.78, 5) is 20.8. The van der Waals surface area contributed by atoms with E-state index < -0.39 is 5.97 Å². The monoisotopic (exact) mass is 375 g/mol. The first-order valence-electron chi connectivity index (χ1n) is 8.46. The maximum atomic E-state index is 11.7. The van der Waals surface area contributed by atoms with Crippen LogP contribution in [0.25, 0.3) is 0 Å². The molecule has 1 aliphatic rings. The molecule has 0 atom stereocenters. The minimum Gasteiger partial charge on any atom is -0.480 e. The van der Waals surface area contributed by atoms with Gasteiger partial charge in [0.15, 0.2) is 0 Å².